The molecule has 30 heavy (non-hydrogen) atoms. The maximum absolute atomic E-state index is 13.0. The van der Waals surface area contributed by atoms with Gasteiger partial charge in [-0.3, -0.25) is 19.7 Å². The zero-order valence-electron chi connectivity index (χ0n) is 18.3. The Bertz CT molecular complexity index is 1060. The number of anilines is 1. The average Bonchev–Trinajstić information content (AvgIpc) is 3.21. The maximum Gasteiger partial charge on any atom is 0.261 e. The number of hydrogen-bond donors (Lipinski definition) is 1. The molecular formula is C23H29N5OS. The molecule has 0 saturated carbocycles. The summed E-state index contributed by atoms with van der Waals surface area (Å²) in [5, 5.41) is 8.29. The molecule has 0 fully saturated rings. The van der Waals surface area contributed by atoms with Crippen LogP contribution in [0.4, 0.5) is 5.13 Å². The van der Waals surface area contributed by atoms with E-state index in [-0.39, 0.29) is 11.4 Å². The highest BCUT2D eigenvalue weighted by Crippen LogP contribution is 2.30. The molecular weight excluding hydrogens is 394 g/mol. The van der Waals surface area contributed by atoms with E-state index in [0.717, 1.165) is 43.1 Å². The predicted octanol–water partition coefficient (Wildman–Crippen LogP) is 4.52. The first kappa shape index (κ1) is 20.8. The molecule has 0 bridgehead atoms. The van der Waals surface area contributed by atoms with Crippen molar-refractivity contribution in [2.75, 3.05) is 11.9 Å². The summed E-state index contributed by atoms with van der Waals surface area (Å²) < 4.78 is 1.92. The van der Waals surface area contributed by atoms with Gasteiger partial charge < -0.3 is 0 Å². The second kappa shape index (κ2) is 7.96. The van der Waals surface area contributed by atoms with E-state index < -0.39 is 0 Å². The third kappa shape index (κ3) is 4.18. The summed E-state index contributed by atoms with van der Waals surface area (Å²) >= 11 is 1.58. The van der Waals surface area contributed by atoms with Crippen LogP contribution in [0.15, 0.2) is 30.3 Å². The molecule has 1 N–H and O–H groups in total. The molecule has 0 atom stereocenters. The van der Waals surface area contributed by atoms with Gasteiger partial charge in [-0.05, 0) is 40.2 Å². The van der Waals surface area contributed by atoms with Gasteiger partial charge in [0.1, 0.15) is 0 Å². The first-order valence-electron chi connectivity index (χ1n) is 10.4. The number of thiazole rings is 1. The van der Waals surface area contributed by atoms with Crippen molar-refractivity contribution in [3.8, 4) is 0 Å². The summed E-state index contributed by atoms with van der Waals surface area (Å²) in [5.41, 5.74) is 4.53. The number of aryl methyl sites for hydroxylation is 1. The SMILES string of the molecule is Cc1nn(C(C)(C)C)c(C)c1C(=O)Nc1nc2c(s1)CN(Cc1ccccc1)CC2. The molecule has 3 heterocycles. The molecule has 1 amide bonds. The lowest BCUT2D eigenvalue weighted by atomic mass is 10.1. The summed E-state index contributed by atoms with van der Waals surface area (Å²) in [4.78, 5) is 21.4. The molecule has 0 unspecified atom stereocenters. The van der Waals surface area contributed by atoms with Gasteiger partial charge in [-0.1, -0.05) is 30.3 Å². The molecule has 4 rings (SSSR count). The van der Waals surface area contributed by atoms with Crippen LogP contribution in [0, 0.1) is 13.8 Å². The van der Waals surface area contributed by atoms with E-state index in [2.05, 4.69) is 60.4 Å². The highest BCUT2D eigenvalue weighted by atomic mass is 32.1. The molecule has 158 valence electrons. The lowest BCUT2D eigenvalue weighted by Gasteiger charge is -2.25. The van der Waals surface area contributed by atoms with Gasteiger partial charge in [0.05, 0.1) is 22.5 Å². The van der Waals surface area contributed by atoms with Crippen molar-refractivity contribution in [2.24, 2.45) is 0 Å². The van der Waals surface area contributed by atoms with E-state index in [1.165, 1.54) is 10.4 Å². The Morgan fingerprint density at radius 1 is 1.20 bits per heavy atom. The molecule has 0 radical (unpaired) electrons. The van der Waals surface area contributed by atoms with Gasteiger partial charge in [0.2, 0.25) is 0 Å². The molecule has 0 spiro atoms. The summed E-state index contributed by atoms with van der Waals surface area (Å²) in [6.45, 7) is 12.9. The fourth-order valence-electron chi connectivity index (χ4n) is 4.06. The number of hydrogen-bond acceptors (Lipinski definition) is 5. The van der Waals surface area contributed by atoms with Crippen LogP contribution in [0.3, 0.4) is 0 Å². The van der Waals surface area contributed by atoms with Gasteiger partial charge in [-0.2, -0.15) is 5.10 Å². The van der Waals surface area contributed by atoms with Crippen LogP contribution in [0.1, 0.15) is 58.7 Å². The minimum absolute atomic E-state index is 0.132. The van der Waals surface area contributed by atoms with Crippen LogP contribution in [-0.2, 0) is 25.0 Å². The Labute approximate surface area is 181 Å². The van der Waals surface area contributed by atoms with Gasteiger partial charge in [-0.25, -0.2) is 4.98 Å². The van der Waals surface area contributed by atoms with Crippen molar-refractivity contribution in [3.05, 3.63) is 63.4 Å². The van der Waals surface area contributed by atoms with Crippen LogP contribution in [0.5, 0.6) is 0 Å². The van der Waals surface area contributed by atoms with Crippen LogP contribution >= 0.6 is 11.3 Å². The third-order valence-electron chi connectivity index (χ3n) is 5.43. The number of nitrogens with one attached hydrogen (secondary N) is 1. The zero-order valence-corrected chi connectivity index (χ0v) is 19.1. The van der Waals surface area contributed by atoms with Crippen LogP contribution in [0.2, 0.25) is 0 Å². The standard InChI is InChI=1S/C23H29N5OS/c1-15-20(16(2)28(26-15)23(3,4)5)21(29)25-22-24-18-11-12-27(14-19(18)30-22)13-17-9-7-6-8-10-17/h6-10H,11-14H2,1-5H3,(H,24,25,29). The highest BCUT2D eigenvalue weighted by molar-refractivity contribution is 7.15. The molecule has 1 aliphatic rings. The number of amides is 1. The van der Waals surface area contributed by atoms with Crippen LogP contribution in [0.25, 0.3) is 0 Å². The molecule has 1 aliphatic heterocycles. The van der Waals surface area contributed by atoms with Crippen molar-refractivity contribution in [1.29, 1.82) is 0 Å². The van der Waals surface area contributed by atoms with E-state index in [4.69, 9.17) is 4.98 Å². The van der Waals surface area contributed by atoms with Gasteiger partial charge in [-0.15, -0.1) is 11.3 Å². The Balaban J connectivity index is 1.48. The van der Waals surface area contributed by atoms with E-state index >= 15 is 0 Å². The first-order valence-corrected chi connectivity index (χ1v) is 11.2. The fourth-order valence-corrected chi connectivity index (χ4v) is 5.11. The number of fused-ring (bicyclic) bond motifs is 1. The minimum Gasteiger partial charge on any atom is -0.298 e. The number of benzene rings is 1. The quantitative estimate of drug-likeness (QED) is 0.670. The third-order valence-corrected chi connectivity index (χ3v) is 6.43. The summed E-state index contributed by atoms with van der Waals surface area (Å²) in [7, 11) is 0. The summed E-state index contributed by atoms with van der Waals surface area (Å²) in [6.07, 6.45) is 0.911. The fraction of sp³-hybridized carbons (Fsp3) is 0.435. The number of aromatic nitrogens is 3. The molecule has 0 saturated heterocycles. The molecule has 3 aromatic rings. The summed E-state index contributed by atoms with van der Waals surface area (Å²) in [6, 6.07) is 10.5. The first-order chi connectivity index (χ1) is 14.2. The predicted molar refractivity (Wildman–Crippen MR) is 121 cm³/mol. The zero-order chi connectivity index (χ0) is 21.5. The lowest BCUT2D eigenvalue weighted by Crippen LogP contribution is -2.29. The minimum atomic E-state index is -0.171. The Kier molecular flexibility index (Phi) is 5.51. The number of nitrogens with zero attached hydrogens (tertiary/aromatic N) is 4. The van der Waals surface area contributed by atoms with Crippen LogP contribution < -0.4 is 5.32 Å². The number of rotatable bonds is 4. The van der Waals surface area contributed by atoms with Crippen molar-refractivity contribution in [3.63, 3.8) is 0 Å². The van der Waals surface area contributed by atoms with E-state index in [1.807, 2.05) is 24.6 Å². The Morgan fingerprint density at radius 2 is 1.93 bits per heavy atom. The van der Waals surface area contributed by atoms with Crippen molar-refractivity contribution < 1.29 is 4.79 Å². The van der Waals surface area contributed by atoms with Crippen molar-refractivity contribution in [2.45, 2.75) is 59.7 Å². The lowest BCUT2D eigenvalue weighted by molar-refractivity contribution is 0.102. The van der Waals surface area contributed by atoms with E-state index in [1.54, 1.807) is 11.3 Å². The molecule has 7 heteroatoms. The van der Waals surface area contributed by atoms with Gasteiger partial charge >= 0.3 is 0 Å². The Morgan fingerprint density at radius 3 is 2.60 bits per heavy atom. The number of carbonyl (C=O) groups excluding carboxylic acids is 1. The molecule has 1 aromatic carbocycles. The highest BCUT2D eigenvalue weighted by Gasteiger charge is 2.26. The summed E-state index contributed by atoms with van der Waals surface area (Å²) in [5.74, 6) is -0.132. The molecule has 6 nitrogen and oxygen atoms in total. The number of carbonyl (C=O) groups is 1. The molecule has 2 aromatic heterocycles. The second-order valence-electron chi connectivity index (χ2n) is 8.92. The van der Waals surface area contributed by atoms with E-state index in [9.17, 15) is 4.79 Å². The van der Waals surface area contributed by atoms with Crippen molar-refractivity contribution >= 4 is 22.4 Å². The second-order valence-corrected chi connectivity index (χ2v) is 10.0. The Hall–Kier alpha value is -2.51. The normalized spacial score (nSPS) is 14.6. The van der Waals surface area contributed by atoms with E-state index in [0.29, 0.717) is 10.7 Å². The topological polar surface area (TPSA) is 63.1 Å². The van der Waals surface area contributed by atoms with Gasteiger partial charge in [0.15, 0.2) is 5.13 Å². The largest absolute Gasteiger partial charge is 0.298 e. The molecule has 0 aliphatic carbocycles. The smallest absolute Gasteiger partial charge is 0.261 e. The monoisotopic (exact) mass is 423 g/mol. The van der Waals surface area contributed by atoms with Gasteiger partial charge in [0.25, 0.3) is 5.91 Å². The average molecular weight is 424 g/mol. The van der Waals surface area contributed by atoms with Crippen LogP contribution in [-0.4, -0.2) is 32.1 Å². The van der Waals surface area contributed by atoms with Gasteiger partial charge in [0, 0.05) is 36.6 Å². The van der Waals surface area contributed by atoms with Crippen molar-refractivity contribution in [1.82, 2.24) is 19.7 Å². The maximum atomic E-state index is 13.0.